The monoisotopic (exact) mass is 355 g/mol. The molecule has 5 nitrogen and oxygen atoms in total. The van der Waals surface area contributed by atoms with Crippen molar-refractivity contribution in [3.63, 3.8) is 0 Å². The van der Waals surface area contributed by atoms with Crippen molar-refractivity contribution in [1.82, 2.24) is 9.47 Å². The van der Waals surface area contributed by atoms with Crippen LogP contribution < -0.4 is 4.90 Å². The second kappa shape index (κ2) is 7.62. The SMILES string of the molecule is Oc1c2c(c(O)n1CCCN1CCN(c3ccccc3)CC1)CCCC2. The van der Waals surface area contributed by atoms with Gasteiger partial charge < -0.3 is 15.1 Å². The molecule has 0 spiro atoms. The van der Waals surface area contributed by atoms with E-state index in [2.05, 4.69) is 40.1 Å². The molecule has 1 aromatic carbocycles. The first-order chi connectivity index (χ1) is 12.7. The molecule has 1 fully saturated rings. The smallest absolute Gasteiger partial charge is 0.197 e. The van der Waals surface area contributed by atoms with Crippen LogP contribution in [0, 0.1) is 0 Å². The molecule has 5 heteroatoms. The van der Waals surface area contributed by atoms with Gasteiger partial charge in [0.25, 0.3) is 0 Å². The minimum absolute atomic E-state index is 0.297. The van der Waals surface area contributed by atoms with Crippen molar-refractivity contribution in [3.8, 4) is 11.8 Å². The molecule has 0 bridgehead atoms. The first kappa shape index (κ1) is 17.3. The number of hydrogen-bond acceptors (Lipinski definition) is 4. The first-order valence-electron chi connectivity index (χ1n) is 9.88. The highest BCUT2D eigenvalue weighted by atomic mass is 16.3. The lowest BCUT2D eigenvalue weighted by Crippen LogP contribution is -2.46. The Morgan fingerprint density at radius 1 is 0.769 bits per heavy atom. The molecule has 1 aliphatic carbocycles. The second-order valence-corrected chi connectivity index (χ2v) is 7.48. The Balaban J connectivity index is 1.28. The molecule has 0 unspecified atom stereocenters. The van der Waals surface area contributed by atoms with Crippen LogP contribution >= 0.6 is 0 Å². The molecule has 0 saturated carbocycles. The lowest BCUT2D eigenvalue weighted by atomic mass is 9.95. The zero-order valence-corrected chi connectivity index (χ0v) is 15.4. The van der Waals surface area contributed by atoms with Gasteiger partial charge in [-0.1, -0.05) is 18.2 Å². The third-order valence-electron chi connectivity index (χ3n) is 5.87. The topological polar surface area (TPSA) is 51.9 Å². The summed E-state index contributed by atoms with van der Waals surface area (Å²) in [7, 11) is 0. The summed E-state index contributed by atoms with van der Waals surface area (Å²) in [6, 6.07) is 10.6. The molecule has 2 aliphatic rings. The maximum Gasteiger partial charge on any atom is 0.197 e. The van der Waals surface area contributed by atoms with E-state index in [1.807, 2.05) is 0 Å². The highest BCUT2D eigenvalue weighted by Crippen LogP contribution is 2.38. The van der Waals surface area contributed by atoms with Crippen molar-refractivity contribution < 1.29 is 10.2 Å². The number of nitrogens with zero attached hydrogens (tertiary/aromatic N) is 3. The zero-order chi connectivity index (χ0) is 17.9. The minimum Gasteiger partial charge on any atom is -0.494 e. The fourth-order valence-electron chi connectivity index (χ4n) is 4.36. The zero-order valence-electron chi connectivity index (χ0n) is 15.4. The summed E-state index contributed by atoms with van der Waals surface area (Å²) in [4.78, 5) is 4.92. The molecule has 2 N–H and O–H groups in total. The molecule has 2 aromatic rings. The summed E-state index contributed by atoms with van der Waals surface area (Å²) in [5.41, 5.74) is 3.26. The van der Waals surface area contributed by atoms with E-state index in [0.717, 1.165) is 76.0 Å². The predicted molar refractivity (Wildman–Crippen MR) is 104 cm³/mol. The standard InChI is InChI=1S/C21H29N3O2/c25-20-18-9-4-5-10-19(18)21(26)24(20)12-6-11-22-13-15-23(16-14-22)17-7-2-1-3-8-17/h1-3,7-8,25-26H,4-6,9-16H2. The molecule has 26 heavy (non-hydrogen) atoms. The number of aromatic nitrogens is 1. The Labute approximate surface area is 155 Å². The number of fused-ring (bicyclic) bond motifs is 1. The van der Waals surface area contributed by atoms with E-state index in [9.17, 15) is 10.2 Å². The highest BCUT2D eigenvalue weighted by molar-refractivity contribution is 5.47. The summed E-state index contributed by atoms with van der Waals surface area (Å²) in [6.45, 7) is 5.93. The molecule has 4 rings (SSSR count). The summed E-state index contributed by atoms with van der Waals surface area (Å²) in [6.07, 6.45) is 4.94. The number of hydrogen-bond donors (Lipinski definition) is 2. The lowest BCUT2D eigenvalue weighted by Gasteiger charge is -2.36. The number of aromatic hydroxyl groups is 2. The van der Waals surface area contributed by atoms with Gasteiger partial charge in [0, 0.05) is 49.5 Å². The normalized spacial score (nSPS) is 18.1. The highest BCUT2D eigenvalue weighted by Gasteiger charge is 2.24. The maximum absolute atomic E-state index is 10.4. The van der Waals surface area contributed by atoms with Gasteiger partial charge in [-0.3, -0.25) is 9.47 Å². The maximum atomic E-state index is 10.4. The summed E-state index contributed by atoms with van der Waals surface area (Å²) in [5, 5.41) is 20.9. The minimum atomic E-state index is 0.297. The number of benzene rings is 1. The van der Waals surface area contributed by atoms with E-state index < -0.39 is 0 Å². The van der Waals surface area contributed by atoms with Crippen molar-refractivity contribution in [2.24, 2.45) is 0 Å². The number of piperazine rings is 1. The molecule has 0 atom stereocenters. The molecule has 0 amide bonds. The Morgan fingerprint density at radius 2 is 1.38 bits per heavy atom. The Bertz CT molecular complexity index is 704. The largest absolute Gasteiger partial charge is 0.494 e. The van der Waals surface area contributed by atoms with Crippen molar-refractivity contribution in [3.05, 3.63) is 41.5 Å². The van der Waals surface area contributed by atoms with Crippen LogP contribution in [0.25, 0.3) is 0 Å². The van der Waals surface area contributed by atoms with Crippen LogP contribution in [-0.4, -0.2) is 52.4 Å². The van der Waals surface area contributed by atoms with Gasteiger partial charge in [0.2, 0.25) is 0 Å². The van der Waals surface area contributed by atoms with Crippen LogP contribution in [0.5, 0.6) is 11.8 Å². The van der Waals surface area contributed by atoms with E-state index in [0.29, 0.717) is 18.3 Å². The number of rotatable bonds is 5. The van der Waals surface area contributed by atoms with Crippen LogP contribution in [0.3, 0.4) is 0 Å². The Kier molecular flexibility index (Phi) is 5.07. The van der Waals surface area contributed by atoms with Gasteiger partial charge in [0.05, 0.1) is 0 Å². The number of anilines is 1. The fraction of sp³-hybridized carbons (Fsp3) is 0.524. The van der Waals surface area contributed by atoms with E-state index >= 15 is 0 Å². The van der Waals surface area contributed by atoms with Crippen LogP contribution in [-0.2, 0) is 19.4 Å². The van der Waals surface area contributed by atoms with Crippen LogP contribution in [0.15, 0.2) is 30.3 Å². The van der Waals surface area contributed by atoms with Gasteiger partial charge in [-0.15, -0.1) is 0 Å². The average Bonchev–Trinajstić information content (AvgIpc) is 2.94. The molecule has 2 heterocycles. The van der Waals surface area contributed by atoms with Gasteiger partial charge in [-0.2, -0.15) is 0 Å². The van der Waals surface area contributed by atoms with Crippen LogP contribution in [0.4, 0.5) is 5.69 Å². The van der Waals surface area contributed by atoms with Crippen molar-refractivity contribution >= 4 is 5.69 Å². The van der Waals surface area contributed by atoms with E-state index in [1.54, 1.807) is 4.57 Å². The van der Waals surface area contributed by atoms with Crippen molar-refractivity contribution in [2.75, 3.05) is 37.6 Å². The summed E-state index contributed by atoms with van der Waals surface area (Å²) in [5.74, 6) is 0.595. The number of para-hydroxylation sites is 1. The van der Waals surface area contributed by atoms with E-state index in [4.69, 9.17) is 0 Å². The molecule has 1 aliphatic heterocycles. The van der Waals surface area contributed by atoms with Gasteiger partial charge in [0.1, 0.15) is 0 Å². The molecule has 0 radical (unpaired) electrons. The summed E-state index contributed by atoms with van der Waals surface area (Å²) >= 11 is 0. The van der Waals surface area contributed by atoms with Crippen LogP contribution in [0.2, 0.25) is 0 Å². The van der Waals surface area contributed by atoms with Crippen molar-refractivity contribution in [1.29, 1.82) is 0 Å². The van der Waals surface area contributed by atoms with E-state index in [1.165, 1.54) is 5.69 Å². The molecule has 140 valence electrons. The second-order valence-electron chi connectivity index (χ2n) is 7.48. The van der Waals surface area contributed by atoms with Crippen molar-refractivity contribution in [2.45, 2.75) is 38.6 Å². The van der Waals surface area contributed by atoms with Gasteiger partial charge >= 0.3 is 0 Å². The molecular formula is C21H29N3O2. The predicted octanol–water partition coefficient (Wildman–Crippen LogP) is 2.99. The van der Waals surface area contributed by atoms with E-state index in [-0.39, 0.29) is 0 Å². The molecule has 1 aromatic heterocycles. The third-order valence-corrected chi connectivity index (χ3v) is 5.87. The van der Waals surface area contributed by atoms with Crippen LogP contribution in [0.1, 0.15) is 30.4 Å². The lowest BCUT2D eigenvalue weighted by molar-refractivity contribution is 0.246. The average molecular weight is 355 g/mol. The van der Waals surface area contributed by atoms with Gasteiger partial charge in [-0.05, 0) is 50.8 Å². The Morgan fingerprint density at radius 3 is 2.00 bits per heavy atom. The first-order valence-corrected chi connectivity index (χ1v) is 9.88. The summed E-state index contributed by atoms with van der Waals surface area (Å²) < 4.78 is 1.72. The quantitative estimate of drug-likeness (QED) is 0.866. The Hall–Kier alpha value is -2.14. The van der Waals surface area contributed by atoms with Gasteiger partial charge in [-0.25, -0.2) is 0 Å². The third kappa shape index (κ3) is 3.40. The fourth-order valence-corrected chi connectivity index (χ4v) is 4.36. The van der Waals surface area contributed by atoms with Gasteiger partial charge in [0.15, 0.2) is 11.8 Å². The molecular weight excluding hydrogens is 326 g/mol. The molecule has 1 saturated heterocycles.